The molecular formula is C30H21ClF3N3O5S2. The molecule has 1 saturated heterocycles. The number of methoxy groups -OCH3 is 1. The lowest BCUT2D eigenvalue weighted by Gasteiger charge is -2.30. The Kier molecular flexibility index (Phi) is 7.80. The fraction of sp³-hybridized carbons (Fsp3) is 0.200. The number of thioether (sulfide) groups is 1. The van der Waals surface area contributed by atoms with Crippen LogP contribution < -0.4 is 19.8 Å². The smallest absolute Gasteiger partial charge is 0.418 e. The van der Waals surface area contributed by atoms with Crippen LogP contribution >= 0.6 is 34.7 Å². The van der Waals surface area contributed by atoms with Crippen molar-refractivity contribution in [2.24, 2.45) is 5.92 Å². The fourth-order valence-corrected chi connectivity index (χ4v) is 8.34. The van der Waals surface area contributed by atoms with Crippen molar-refractivity contribution < 1.29 is 32.3 Å². The molecular weight excluding hydrogens is 639 g/mol. The van der Waals surface area contributed by atoms with E-state index in [0.717, 1.165) is 44.7 Å². The number of aromatic nitrogens is 1. The number of amides is 3. The summed E-state index contributed by atoms with van der Waals surface area (Å²) in [6.07, 6.45) is -4.70. The molecule has 8 nitrogen and oxygen atoms in total. The highest BCUT2D eigenvalue weighted by Gasteiger charge is 2.56. The van der Waals surface area contributed by atoms with Crippen molar-refractivity contribution in [2.75, 3.05) is 17.3 Å². The largest absolute Gasteiger partial charge is 0.497 e. The Morgan fingerprint density at radius 2 is 1.66 bits per heavy atom. The molecule has 4 aromatic rings. The molecule has 0 radical (unpaired) electrons. The maximum Gasteiger partial charge on any atom is 0.418 e. The number of anilines is 2. The van der Waals surface area contributed by atoms with Gasteiger partial charge in [0, 0.05) is 15.8 Å². The van der Waals surface area contributed by atoms with Crippen LogP contribution in [-0.4, -0.2) is 34.6 Å². The quantitative estimate of drug-likeness (QED) is 0.254. The number of alkyl halides is 3. The normalized spacial score (nSPS) is 19.5. The van der Waals surface area contributed by atoms with E-state index >= 15 is 0 Å². The van der Waals surface area contributed by atoms with E-state index < -0.39 is 63.7 Å². The van der Waals surface area contributed by atoms with Gasteiger partial charge in [0.25, 0.3) is 0 Å². The number of halogens is 4. The summed E-state index contributed by atoms with van der Waals surface area (Å²) < 4.78 is 46.9. The van der Waals surface area contributed by atoms with Crippen LogP contribution in [0.3, 0.4) is 0 Å². The van der Waals surface area contributed by atoms with Crippen molar-refractivity contribution in [3.63, 3.8) is 0 Å². The molecule has 0 saturated carbocycles. The molecule has 3 amide bonds. The number of carbonyl (C=O) groups excluding carboxylic acids is 3. The van der Waals surface area contributed by atoms with Crippen molar-refractivity contribution in [3.8, 4) is 5.75 Å². The summed E-state index contributed by atoms with van der Waals surface area (Å²) in [5.74, 6) is -2.83. The van der Waals surface area contributed by atoms with E-state index in [9.17, 15) is 32.3 Å². The van der Waals surface area contributed by atoms with Gasteiger partial charge in [-0.1, -0.05) is 59.0 Å². The number of para-hydroxylation sites is 1. The Bertz CT molecular complexity index is 1840. The van der Waals surface area contributed by atoms with Crippen LogP contribution in [0.15, 0.2) is 82.6 Å². The summed E-state index contributed by atoms with van der Waals surface area (Å²) >= 11 is 7.85. The van der Waals surface area contributed by atoms with Crippen LogP contribution in [0.4, 0.5) is 24.5 Å². The van der Waals surface area contributed by atoms with Crippen LogP contribution in [0.1, 0.15) is 21.9 Å². The molecule has 3 heterocycles. The van der Waals surface area contributed by atoms with Gasteiger partial charge < -0.3 is 10.1 Å². The SMILES string of the molecule is COc1ccc([C@H]2c3sc(=O)n(CC(=O)Nc4ccccc4C(F)(F)F)c3SC3C(=O)N(c4ccc(Cl)cc4)C(=O)C32)cc1. The van der Waals surface area contributed by atoms with Crippen LogP contribution in [0.2, 0.25) is 5.02 Å². The van der Waals surface area contributed by atoms with Gasteiger partial charge in [0.05, 0.1) is 35.0 Å². The number of ether oxygens (including phenoxy) is 1. The lowest BCUT2D eigenvalue weighted by Crippen LogP contribution is -2.33. The highest BCUT2D eigenvalue weighted by atomic mass is 35.5. The van der Waals surface area contributed by atoms with Crippen molar-refractivity contribution in [1.82, 2.24) is 4.57 Å². The predicted molar refractivity (Wildman–Crippen MR) is 161 cm³/mol. The van der Waals surface area contributed by atoms with E-state index in [-0.39, 0.29) is 0 Å². The number of hydrogen-bond acceptors (Lipinski definition) is 7. The summed E-state index contributed by atoms with van der Waals surface area (Å²) in [7, 11) is 1.51. The van der Waals surface area contributed by atoms with Gasteiger partial charge in [0.1, 0.15) is 17.5 Å². The van der Waals surface area contributed by atoms with E-state index in [1.54, 1.807) is 48.5 Å². The van der Waals surface area contributed by atoms with Crippen molar-refractivity contribution in [3.05, 3.63) is 103 Å². The molecule has 44 heavy (non-hydrogen) atoms. The predicted octanol–water partition coefficient (Wildman–Crippen LogP) is 6.03. The highest BCUT2D eigenvalue weighted by molar-refractivity contribution is 8.00. The minimum absolute atomic E-state index is 0.306. The van der Waals surface area contributed by atoms with E-state index in [1.807, 2.05) is 0 Å². The van der Waals surface area contributed by atoms with E-state index in [2.05, 4.69) is 5.32 Å². The molecule has 0 bridgehead atoms. The van der Waals surface area contributed by atoms with Crippen molar-refractivity contribution in [2.45, 2.75) is 28.9 Å². The summed E-state index contributed by atoms with van der Waals surface area (Å²) in [6, 6.07) is 17.7. The first-order chi connectivity index (χ1) is 21.0. The van der Waals surface area contributed by atoms with E-state index in [0.29, 0.717) is 31.9 Å². The van der Waals surface area contributed by atoms with E-state index in [1.165, 1.54) is 19.2 Å². The van der Waals surface area contributed by atoms with Crippen LogP contribution in [0.25, 0.3) is 0 Å². The van der Waals surface area contributed by atoms with Crippen molar-refractivity contribution in [1.29, 1.82) is 0 Å². The number of nitrogens with zero attached hydrogens (tertiary/aromatic N) is 2. The molecule has 2 unspecified atom stereocenters. The number of carbonyl (C=O) groups is 3. The van der Waals surface area contributed by atoms with E-state index in [4.69, 9.17) is 16.3 Å². The number of hydrogen-bond donors (Lipinski definition) is 1. The number of nitrogens with one attached hydrogen (secondary N) is 1. The first-order valence-electron chi connectivity index (χ1n) is 13.1. The molecule has 3 atom stereocenters. The third kappa shape index (κ3) is 5.29. The minimum atomic E-state index is -4.70. The number of rotatable bonds is 6. The van der Waals surface area contributed by atoms with Gasteiger partial charge in [0.2, 0.25) is 17.7 Å². The second kappa shape index (κ2) is 11.5. The van der Waals surface area contributed by atoms with Gasteiger partial charge in [-0.3, -0.25) is 23.7 Å². The summed E-state index contributed by atoms with van der Waals surface area (Å²) in [4.78, 5) is 55.1. The molecule has 2 aliphatic heterocycles. The molecule has 226 valence electrons. The molecule has 3 aromatic carbocycles. The Morgan fingerprint density at radius 1 is 0.977 bits per heavy atom. The Labute approximate surface area is 261 Å². The Morgan fingerprint density at radius 3 is 2.32 bits per heavy atom. The van der Waals surface area contributed by atoms with Gasteiger partial charge in [-0.15, -0.1) is 0 Å². The highest BCUT2D eigenvalue weighted by Crippen LogP contribution is 2.54. The number of imide groups is 1. The minimum Gasteiger partial charge on any atom is -0.497 e. The van der Waals surface area contributed by atoms with Crippen LogP contribution in [-0.2, 0) is 27.1 Å². The average Bonchev–Trinajstić information content (AvgIpc) is 3.43. The maximum absolute atomic E-state index is 13.9. The van der Waals surface area contributed by atoms with Crippen LogP contribution in [0, 0.1) is 5.92 Å². The van der Waals surface area contributed by atoms with Gasteiger partial charge in [-0.05, 0) is 54.1 Å². The van der Waals surface area contributed by atoms with Crippen LogP contribution in [0.5, 0.6) is 5.75 Å². The Balaban J connectivity index is 1.40. The van der Waals surface area contributed by atoms with Gasteiger partial charge in [0.15, 0.2) is 0 Å². The second-order valence-electron chi connectivity index (χ2n) is 10.0. The molecule has 2 aliphatic rings. The summed E-state index contributed by atoms with van der Waals surface area (Å²) in [5, 5.41) is 2.06. The first kappa shape index (κ1) is 30.0. The first-order valence-corrected chi connectivity index (χ1v) is 15.2. The monoisotopic (exact) mass is 659 g/mol. The molecule has 0 spiro atoms. The number of benzene rings is 3. The average molecular weight is 660 g/mol. The van der Waals surface area contributed by atoms with Gasteiger partial charge in [-0.2, -0.15) is 13.2 Å². The van der Waals surface area contributed by atoms with Crippen molar-refractivity contribution >= 4 is 63.8 Å². The summed E-state index contributed by atoms with van der Waals surface area (Å²) in [6.45, 7) is -0.598. The Hall–Kier alpha value is -4.07. The number of thiazole rings is 1. The fourth-order valence-electron chi connectivity index (χ4n) is 5.44. The zero-order valence-corrected chi connectivity index (χ0v) is 25.0. The third-order valence-electron chi connectivity index (χ3n) is 7.42. The molecule has 14 heteroatoms. The molecule has 1 aromatic heterocycles. The topological polar surface area (TPSA) is 97.7 Å². The van der Waals surface area contributed by atoms with Gasteiger partial charge in [-0.25, -0.2) is 4.90 Å². The molecule has 1 N–H and O–H groups in total. The lowest BCUT2D eigenvalue weighted by molar-refractivity contribution is -0.137. The lowest BCUT2D eigenvalue weighted by atomic mass is 9.83. The standard InChI is InChI=1S/C30H21ClF3N3O5S2/c1-42-18-12-6-15(7-13-18)22-23-24(27(40)37(26(23)39)17-10-8-16(31)9-11-17)43-28-25(22)44-29(41)36(28)14-21(38)35-20-5-3-2-4-19(20)30(32,33)34/h2-13,22-24H,14H2,1H3,(H,35,38)/t22-,23?,24?/m1/s1. The third-order valence-corrected chi connectivity index (χ3v) is 10.3. The summed E-state index contributed by atoms with van der Waals surface area (Å²) in [5.41, 5.74) is -0.474. The van der Waals surface area contributed by atoms with Gasteiger partial charge >= 0.3 is 11.0 Å². The zero-order valence-electron chi connectivity index (χ0n) is 22.6. The molecule has 1 fully saturated rings. The molecule has 0 aliphatic carbocycles. The number of fused-ring (bicyclic) bond motifs is 2. The second-order valence-corrected chi connectivity index (χ2v) is 12.6. The maximum atomic E-state index is 13.9. The zero-order chi connectivity index (χ0) is 31.3. The molecule has 6 rings (SSSR count).